The Balaban J connectivity index is 2.15. The molecule has 0 aromatic rings. The molecule has 0 bridgehead atoms. The zero-order chi connectivity index (χ0) is 11.9. The Hall–Kier alpha value is -1.03. The topological polar surface area (TPSA) is 49.4 Å². The van der Waals surface area contributed by atoms with Crippen LogP contribution in [0.5, 0.6) is 0 Å². The maximum atomic E-state index is 12.1. The number of carbonyl (C=O) groups is 2. The highest BCUT2D eigenvalue weighted by atomic mass is 35.5. The molecule has 2 amide bonds. The minimum atomic E-state index is -0.460. The van der Waals surface area contributed by atoms with Crippen LogP contribution in [0.15, 0.2) is 11.6 Å². The molecule has 16 heavy (non-hydrogen) atoms. The fourth-order valence-corrected chi connectivity index (χ4v) is 2.12. The highest BCUT2D eigenvalue weighted by Gasteiger charge is 2.45. The summed E-state index contributed by atoms with van der Waals surface area (Å²) < 4.78 is 0. The van der Waals surface area contributed by atoms with Gasteiger partial charge in [0.1, 0.15) is 12.1 Å². The molecular formula is C11H15ClN2O2. The van der Waals surface area contributed by atoms with Crippen molar-refractivity contribution in [3.63, 3.8) is 0 Å². The average molecular weight is 243 g/mol. The van der Waals surface area contributed by atoms with Gasteiger partial charge in [-0.25, -0.2) is 0 Å². The molecular weight excluding hydrogens is 228 g/mol. The lowest BCUT2D eigenvalue weighted by Crippen LogP contribution is -2.63. The lowest BCUT2D eigenvalue weighted by atomic mass is 10.0. The number of nitrogens with one attached hydrogen (secondary N) is 1. The van der Waals surface area contributed by atoms with E-state index < -0.39 is 6.04 Å². The Morgan fingerprint density at radius 3 is 2.69 bits per heavy atom. The van der Waals surface area contributed by atoms with Crippen LogP contribution in [0, 0.1) is 5.92 Å². The molecule has 88 valence electrons. The number of nitrogens with zero attached hydrogens (tertiary/aromatic N) is 1. The SMILES string of the molecule is C=C(Cl)CN1C(=O)C(C2CC2)NC(=O)C1C. The van der Waals surface area contributed by atoms with Gasteiger partial charge in [-0.3, -0.25) is 9.59 Å². The first-order valence-corrected chi connectivity index (χ1v) is 5.82. The highest BCUT2D eigenvalue weighted by Crippen LogP contribution is 2.35. The van der Waals surface area contributed by atoms with Gasteiger partial charge in [-0.1, -0.05) is 18.2 Å². The van der Waals surface area contributed by atoms with Crippen molar-refractivity contribution in [1.82, 2.24) is 10.2 Å². The van der Waals surface area contributed by atoms with Crippen LogP contribution in [0.1, 0.15) is 19.8 Å². The molecule has 1 saturated heterocycles. The summed E-state index contributed by atoms with van der Waals surface area (Å²) in [6.45, 7) is 5.52. The fourth-order valence-electron chi connectivity index (χ4n) is 2.00. The fraction of sp³-hybridized carbons (Fsp3) is 0.636. The van der Waals surface area contributed by atoms with E-state index in [1.165, 1.54) is 4.90 Å². The van der Waals surface area contributed by atoms with Gasteiger partial charge < -0.3 is 10.2 Å². The van der Waals surface area contributed by atoms with Crippen molar-refractivity contribution < 1.29 is 9.59 Å². The smallest absolute Gasteiger partial charge is 0.246 e. The second-order valence-corrected chi connectivity index (χ2v) is 5.02. The van der Waals surface area contributed by atoms with Crippen LogP contribution >= 0.6 is 11.6 Å². The van der Waals surface area contributed by atoms with Gasteiger partial charge in [0, 0.05) is 5.03 Å². The summed E-state index contributed by atoms with van der Waals surface area (Å²) in [5, 5.41) is 3.16. The third-order valence-corrected chi connectivity index (χ3v) is 3.25. The van der Waals surface area contributed by atoms with Gasteiger partial charge in [-0.05, 0) is 25.7 Å². The third-order valence-electron chi connectivity index (χ3n) is 3.13. The second kappa shape index (κ2) is 4.09. The summed E-state index contributed by atoms with van der Waals surface area (Å²) in [6, 6.07) is -0.808. The monoisotopic (exact) mass is 242 g/mol. The zero-order valence-corrected chi connectivity index (χ0v) is 9.96. The third kappa shape index (κ3) is 2.07. The first-order valence-electron chi connectivity index (χ1n) is 5.45. The summed E-state index contributed by atoms with van der Waals surface area (Å²) in [7, 11) is 0. The van der Waals surface area contributed by atoms with Gasteiger partial charge in [0.15, 0.2) is 0 Å². The van der Waals surface area contributed by atoms with Gasteiger partial charge >= 0.3 is 0 Å². The lowest BCUT2D eigenvalue weighted by molar-refractivity contribution is -0.148. The van der Waals surface area contributed by atoms with E-state index in [2.05, 4.69) is 11.9 Å². The van der Waals surface area contributed by atoms with Crippen molar-refractivity contribution in [3.05, 3.63) is 11.6 Å². The molecule has 2 rings (SSSR count). The number of piperazine rings is 1. The molecule has 1 N–H and O–H groups in total. The number of hydrogen-bond acceptors (Lipinski definition) is 2. The molecule has 2 fully saturated rings. The minimum Gasteiger partial charge on any atom is -0.342 e. The molecule has 2 aliphatic rings. The number of amides is 2. The first-order chi connectivity index (χ1) is 7.50. The van der Waals surface area contributed by atoms with E-state index in [1.54, 1.807) is 6.92 Å². The largest absolute Gasteiger partial charge is 0.342 e. The molecule has 0 spiro atoms. The molecule has 0 aromatic heterocycles. The average Bonchev–Trinajstić information content (AvgIpc) is 3.01. The van der Waals surface area contributed by atoms with Crippen molar-refractivity contribution in [2.45, 2.75) is 31.8 Å². The van der Waals surface area contributed by atoms with E-state index >= 15 is 0 Å². The van der Waals surface area contributed by atoms with E-state index in [1.807, 2.05) is 0 Å². The molecule has 2 atom stereocenters. The van der Waals surface area contributed by atoms with Crippen LogP contribution in [0.25, 0.3) is 0 Å². The van der Waals surface area contributed by atoms with Crippen molar-refractivity contribution in [3.8, 4) is 0 Å². The standard InChI is InChI=1S/C11H15ClN2O2/c1-6(12)5-14-7(2)10(15)13-9(11(14)16)8-3-4-8/h7-9H,1,3-5H2,2H3,(H,13,15). The molecule has 1 aliphatic carbocycles. The normalized spacial score (nSPS) is 30.2. The molecule has 4 nitrogen and oxygen atoms in total. The zero-order valence-electron chi connectivity index (χ0n) is 9.20. The van der Waals surface area contributed by atoms with Crippen molar-refractivity contribution in [2.75, 3.05) is 6.54 Å². The van der Waals surface area contributed by atoms with Crippen LogP contribution in [-0.4, -0.2) is 35.3 Å². The van der Waals surface area contributed by atoms with Crippen LogP contribution < -0.4 is 5.32 Å². The second-order valence-electron chi connectivity index (χ2n) is 4.48. The maximum Gasteiger partial charge on any atom is 0.246 e. The molecule has 1 aliphatic heterocycles. The molecule has 2 unspecified atom stereocenters. The lowest BCUT2D eigenvalue weighted by Gasteiger charge is -2.37. The molecule has 1 heterocycles. The Bertz CT molecular complexity index is 352. The summed E-state index contributed by atoms with van der Waals surface area (Å²) in [6.07, 6.45) is 2.03. The quantitative estimate of drug-likeness (QED) is 0.798. The number of hydrogen-bond donors (Lipinski definition) is 1. The molecule has 5 heteroatoms. The van der Waals surface area contributed by atoms with Crippen molar-refractivity contribution >= 4 is 23.4 Å². The molecule has 0 radical (unpaired) electrons. The predicted molar refractivity (Wildman–Crippen MR) is 60.8 cm³/mol. The van der Waals surface area contributed by atoms with E-state index in [0.717, 1.165) is 12.8 Å². The van der Waals surface area contributed by atoms with Crippen LogP contribution in [0.3, 0.4) is 0 Å². The maximum absolute atomic E-state index is 12.1. The van der Waals surface area contributed by atoms with Crippen LogP contribution in [0.4, 0.5) is 0 Å². The Labute approximate surface area is 99.6 Å². The van der Waals surface area contributed by atoms with E-state index in [4.69, 9.17) is 11.6 Å². The van der Waals surface area contributed by atoms with Gasteiger partial charge in [-0.15, -0.1) is 0 Å². The van der Waals surface area contributed by atoms with Crippen LogP contribution in [-0.2, 0) is 9.59 Å². The summed E-state index contributed by atoms with van der Waals surface area (Å²) >= 11 is 5.71. The summed E-state index contributed by atoms with van der Waals surface area (Å²) in [5.74, 6) is 0.181. The van der Waals surface area contributed by atoms with Gasteiger partial charge in [-0.2, -0.15) is 0 Å². The Morgan fingerprint density at radius 1 is 1.56 bits per heavy atom. The Morgan fingerprint density at radius 2 is 2.19 bits per heavy atom. The number of halogens is 1. The molecule has 1 saturated carbocycles. The van der Waals surface area contributed by atoms with E-state index in [-0.39, 0.29) is 24.4 Å². The first kappa shape index (κ1) is 11.5. The van der Waals surface area contributed by atoms with Gasteiger partial charge in [0.05, 0.1) is 6.54 Å². The summed E-state index contributed by atoms with van der Waals surface area (Å²) in [4.78, 5) is 25.3. The molecule has 0 aromatic carbocycles. The van der Waals surface area contributed by atoms with E-state index in [0.29, 0.717) is 11.0 Å². The van der Waals surface area contributed by atoms with Gasteiger partial charge in [0.25, 0.3) is 0 Å². The number of rotatable bonds is 3. The number of carbonyl (C=O) groups excluding carboxylic acids is 2. The minimum absolute atomic E-state index is 0.0311. The van der Waals surface area contributed by atoms with Crippen molar-refractivity contribution in [2.24, 2.45) is 5.92 Å². The van der Waals surface area contributed by atoms with Crippen LogP contribution in [0.2, 0.25) is 0 Å². The Kier molecular flexibility index (Phi) is 2.93. The van der Waals surface area contributed by atoms with Gasteiger partial charge in [0.2, 0.25) is 11.8 Å². The highest BCUT2D eigenvalue weighted by molar-refractivity contribution is 6.29. The predicted octanol–water partition coefficient (Wildman–Crippen LogP) is 0.864. The summed E-state index contributed by atoms with van der Waals surface area (Å²) in [5.41, 5.74) is 0. The van der Waals surface area contributed by atoms with E-state index in [9.17, 15) is 9.59 Å². The van der Waals surface area contributed by atoms with Crippen molar-refractivity contribution in [1.29, 1.82) is 0 Å².